The number of aliphatic hydroxyl groups excluding tert-OH is 1. The maximum atomic E-state index is 12.9. The molecular weight excluding hydrogens is 880 g/mol. The molecule has 11 nitrogen and oxygen atoms in total. The van der Waals surface area contributed by atoms with Gasteiger partial charge < -0.3 is 24.2 Å². The molecule has 0 aromatic heterocycles. The highest BCUT2D eigenvalue weighted by Crippen LogP contribution is 2.43. The van der Waals surface area contributed by atoms with Crippen molar-refractivity contribution < 1.29 is 52.2 Å². The van der Waals surface area contributed by atoms with Crippen LogP contribution in [-0.2, 0) is 42.2 Å². The van der Waals surface area contributed by atoms with E-state index in [2.05, 4.69) is 32.9 Å². The highest BCUT2D eigenvalue weighted by molar-refractivity contribution is 7.47. The second-order valence-electron chi connectivity index (χ2n) is 19.5. The molecule has 0 aromatic carbocycles. The van der Waals surface area contributed by atoms with Gasteiger partial charge in [-0.2, -0.15) is 0 Å². The summed E-state index contributed by atoms with van der Waals surface area (Å²) in [6.07, 6.45) is 48.9. The molecule has 0 spiro atoms. The zero-order chi connectivity index (χ0) is 49.9. The van der Waals surface area contributed by atoms with Gasteiger partial charge in [0.25, 0.3) is 0 Å². The molecule has 2 N–H and O–H groups in total. The van der Waals surface area contributed by atoms with Gasteiger partial charge in [0, 0.05) is 19.3 Å². The average molecular weight is 987 g/mol. The van der Waals surface area contributed by atoms with E-state index in [0.29, 0.717) is 19.3 Å². The largest absolute Gasteiger partial charge is 0.472 e. The predicted molar refractivity (Wildman–Crippen MR) is 280 cm³/mol. The molecule has 3 unspecified atom stereocenters. The van der Waals surface area contributed by atoms with E-state index in [0.717, 1.165) is 77.0 Å². The number of allylic oxidation sites excluding steroid dienone is 2. The quantitative estimate of drug-likeness (QED) is 0.0197. The van der Waals surface area contributed by atoms with Gasteiger partial charge in [-0.1, -0.05) is 245 Å². The first kappa shape index (κ1) is 66.2. The van der Waals surface area contributed by atoms with Crippen molar-refractivity contribution in [2.75, 3.05) is 26.4 Å². The lowest BCUT2D eigenvalue weighted by molar-refractivity contribution is -0.161. The number of rotatable bonds is 54. The first-order valence-corrected chi connectivity index (χ1v) is 30.1. The number of carbonyl (C=O) groups excluding carboxylic acids is 3. The molecule has 0 aliphatic carbocycles. The van der Waals surface area contributed by atoms with E-state index in [1.807, 2.05) is 0 Å². The summed E-state index contributed by atoms with van der Waals surface area (Å²) in [7, 11) is -4.73. The number of aliphatic hydroxyl groups is 1. The first-order chi connectivity index (χ1) is 33.2. The topological polar surface area (TPSA) is 155 Å². The van der Waals surface area contributed by atoms with Crippen molar-refractivity contribution in [2.45, 2.75) is 303 Å². The van der Waals surface area contributed by atoms with Crippen LogP contribution in [-0.4, -0.2) is 66.5 Å². The van der Waals surface area contributed by atoms with E-state index in [-0.39, 0.29) is 25.9 Å². The van der Waals surface area contributed by atoms with Gasteiger partial charge in [-0.15, -0.1) is 0 Å². The van der Waals surface area contributed by atoms with E-state index in [4.69, 9.17) is 23.3 Å². The molecule has 0 aliphatic heterocycles. The molecule has 0 heterocycles. The van der Waals surface area contributed by atoms with Crippen molar-refractivity contribution >= 4 is 25.7 Å². The molecule has 0 bridgehead atoms. The maximum Gasteiger partial charge on any atom is 0.472 e. The number of hydrogen-bond donors (Lipinski definition) is 2. The Hall–Kier alpha value is -1.78. The summed E-state index contributed by atoms with van der Waals surface area (Å²) in [5, 5.41) is 9.78. The minimum atomic E-state index is -4.73. The molecule has 0 aromatic rings. The minimum Gasteiger partial charge on any atom is -0.462 e. The Morgan fingerprint density at radius 2 is 0.691 bits per heavy atom. The molecule has 68 heavy (non-hydrogen) atoms. The fraction of sp³-hybridized carbons (Fsp3) is 0.911. The van der Waals surface area contributed by atoms with E-state index < -0.39 is 57.8 Å². The van der Waals surface area contributed by atoms with Gasteiger partial charge in [-0.05, 0) is 38.5 Å². The third-order valence-electron chi connectivity index (χ3n) is 12.7. The summed E-state index contributed by atoms with van der Waals surface area (Å²) in [5.41, 5.74) is 0. The number of ether oxygens (including phenoxy) is 3. The second-order valence-corrected chi connectivity index (χ2v) is 20.9. The number of hydrogen-bond acceptors (Lipinski definition) is 10. The lowest BCUT2D eigenvalue weighted by atomic mass is 10.0. The van der Waals surface area contributed by atoms with Gasteiger partial charge in [0.15, 0.2) is 6.10 Å². The lowest BCUT2D eigenvalue weighted by Crippen LogP contribution is -2.30. The third kappa shape index (κ3) is 49.2. The normalized spacial score (nSPS) is 13.4. The monoisotopic (exact) mass is 987 g/mol. The van der Waals surface area contributed by atoms with E-state index in [1.165, 1.54) is 154 Å². The molecule has 402 valence electrons. The van der Waals surface area contributed by atoms with Crippen LogP contribution in [0.3, 0.4) is 0 Å². The van der Waals surface area contributed by atoms with E-state index in [1.54, 1.807) is 0 Å². The summed E-state index contributed by atoms with van der Waals surface area (Å²) >= 11 is 0. The fourth-order valence-corrected chi connectivity index (χ4v) is 9.06. The Labute approximate surface area is 417 Å². The van der Waals surface area contributed by atoms with Gasteiger partial charge in [0.05, 0.1) is 19.8 Å². The van der Waals surface area contributed by atoms with Crippen molar-refractivity contribution in [1.29, 1.82) is 0 Å². The first-order valence-electron chi connectivity index (χ1n) is 28.6. The average Bonchev–Trinajstić information content (AvgIpc) is 3.32. The van der Waals surface area contributed by atoms with Crippen molar-refractivity contribution in [1.82, 2.24) is 0 Å². The number of phosphoric acid groups is 1. The van der Waals surface area contributed by atoms with Gasteiger partial charge in [-0.3, -0.25) is 23.4 Å². The van der Waals surface area contributed by atoms with Crippen LogP contribution in [0.5, 0.6) is 0 Å². The van der Waals surface area contributed by atoms with E-state index >= 15 is 0 Å². The minimum absolute atomic E-state index is 0.174. The van der Waals surface area contributed by atoms with Gasteiger partial charge >= 0.3 is 25.7 Å². The Morgan fingerprint density at radius 1 is 0.397 bits per heavy atom. The van der Waals surface area contributed by atoms with Crippen molar-refractivity contribution in [3.63, 3.8) is 0 Å². The van der Waals surface area contributed by atoms with Crippen LogP contribution >= 0.6 is 7.82 Å². The highest BCUT2D eigenvalue weighted by Gasteiger charge is 2.28. The molecular formula is C56H107O11P. The van der Waals surface area contributed by atoms with Gasteiger partial charge in [0.2, 0.25) is 0 Å². The summed E-state index contributed by atoms with van der Waals surface area (Å²) in [6, 6.07) is 0. The van der Waals surface area contributed by atoms with E-state index in [9.17, 15) is 28.9 Å². The SMILES string of the molecule is CCCC/C=C\CCCCCCCC(=O)OCC(COP(=O)(O)OCC(CO)OC(=O)CCCCCCCCCCCCC)OC(=O)CCCCCCCCCCCCCCCCCCCCC. The predicted octanol–water partition coefficient (Wildman–Crippen LogP) is 16.5. The Balaban J connectivity index is 4.63. The second kappa shape index (κ2) is 51.6. The number of phosphoric ester groups is 1. The van der Waals surface area contributed by atoms with Crippen LogP contribution in [0.4, 0.5) is 0 Å². The number of unbranched alkanes of at least 4 members (excludes halogenated alkanes) is 35. The molecule has 3 atom stereocenters. The maximum absolute atomic E-state index is 12.9. The summed E-state index contributed by atoms with van der Waals surface area (Å²) in [5.74, 6) is -1.45. The molecule has 12 heteroatoms. The third-order valence-corrected chi connectivity index (χ3v) is 13.6. The molecule has 0 rings (SSSR count). The van der Waals surface area contributed by atoms with Crippen LogP contribution in [0.25, 0.3) is 0 Å². The standard InChI is InChI=1S/C56H107O11P/c1-4-7-10-13-16-19-22-23-24-25-26-27-28-29-32-35-38-41-44-47-56(60)67-53(49-63-54(58)45-42-39-36-33-30-20-17-14-11-8-5-2)51-65-68(61,62)64-50-52(48-57)66-55(59)46-43-40-37-34-31-21-18-15-12-9-6-3/h14,17,52-53,57H,4-13,15-16,18-51H2,1-3H3,(H,61,62)/b17-14-. The highest BCUT2D eigenvalue weighted by atomic mass is 31.2. The molecule has 0 saturated carbocycles. The lowest BCUT2D eigenvalue weighted by Gasteiger charge is -2.21. The zero-order valence-corrected chi connectivity index (χ0v) is 45.2. The van der Waals surface area contributed by atoms with Crippen LogP contribution in [0.2, 0.25) is 0 Å². The summed E-state index contributed by atoms with van der Waals surface area (Å²) in [6.45, 7) is 4.64. The van der Waals surface area contributed by atoms with Crippen molar-refractivity contribution in [3.05, 3.63) is 12.2 Å². The number of carbonyl (C=O) groups is 3. The fourth-order valence-electron chi connectivity index (χ4n) is 8.28. The Kier molecular flexibility index (Phi) is 50.2. The zero-order valence-electron chi connectivity index (χ0n) is 44.4. The molecule has 0 fully saturated rings. The van der Waals surface area contributed by atoms with Crippen molar-refractivity contribution in [3.8, 4) is 0 Å². The Morgan fingerprint density at radius 3 is 1.06 bits per heavy atom. The summed E-state index contributed by atoms with van der Waals surface area (Å²) < 4.78 is 39.4. The summed E-state index contributed by atoms with van der Waals surface area (Å²) in [4.78, 5) is 48.4. The van der Waals surface area contributed by atoms with Gasteiger partial charge in [0.1, 0.15) is 12.7 Å². The van der Waals surface area contributed by atoms with Crippen LogP contribution in [0, 0.1) is 0 Å². The molecule has 0 aliphatic rings. The van der Waals surface area contributed by atoms with Crippen LogP contribution in [0.15, 0.2) is 12.2 Å². The van der Waals surface area contributed by atoms with Gasteiger partial charge in [-0.25, -0.2) is 4.57 Å². The smallest absolute Gasteiger partial charge is 0.462 e. The molecule has 0 radical (unpaired) electrons. The molecule has 0 saturated heterocycles. The van der Waals surface area contributed by atoms with Crippen LogP contribution in [0.1, 0.15) is 290 Å². The van der Waals surface area contributed by atoms with Crippen LogP contribution < -0.4 is 0 Å². The van der Waals surface area contributed by atoms with Crippen molar-refractivity contribution in [2.24, 2.45) is 0 Å². The number of esters is 3. The Bertz CT molecular complexity index is 1200. The molecule has 0 amide bonds.